The van der Waals surface area contributed by atoms with Crippen molar-refractivity contribution in [3.63, 3.8) is 0 Å². The van der Waals surface area contributed by atoms with Gasteiger partial charge < -0.3 is 4.74 Å². The van der Waals surface area contributed by atoms with Gasteiger partial charge in [-0.1, -0.05) is 11.6 Å². The second-order valence-electron chi connectivity index (χ2n) is 3.59. The standard InChI is InChI=1S/C13H11ClN2O2S/c14-11-1-3-12(4-2-11)18-8-13(17)16-15-7-10-5-6-19-9-10/h1-7,9H,8H2,(H,16,17). The molecular formula is C13H11ClN2O2S. The first kappa shape index (κ1) is 13.6. The SMILES string of the molecule is O=C(COc1ccc(Cl)cc1)NN=Cc1ccsc1. The Bertz CT molecular complexity index is 553. The first-order chi connectivity index (χ1) is 9.24. The van der Waals surface area contributed by atoms with Crippen LogP contribution in [0.2, 0.25) is 5.02 Å². The second kappa shape index (κ2) is 6.92. The molecule has 0 spiro atoms. The molecule has 1 heterocycles. The summed E-state index contributed by atoms with van der Waals surface area (Å²) in [4.78, 5) is 11.4. The highest BCUT2D eigenvalue weighted by molar-refractivity contribution is 7.08. The lowest BCUT2D eigenvalue weighted by atomic mass is 10.3. The third kappa shape index (κ3) is 4.73. The molecule has 0 bridgehead atoms. The number of benzene rings is 1. The minimum Gasteiger partial charge on any atom is -0.484 e. The average molecular weight is 295 g/mol. The molecule has 1 N–H and O–H groups in total. The molecule has 2 aromatic rings. The Kier molecular flexibility index (Phi) is 4.94. The lowest BCUT2D eigenvalue weighted by Gasteiger charge is -2.04. The van der Waals surface area contributed by atoms with Crippen LogP contribution >= 0.6 is 22.9 Å². The van der Waals surface area contributed by atoms with E-state index in [1.54, 1.807) is 41.8 Å². The van der Waals surface area contributed by atoms with Gasteiger partial charge in [-0.25, -0.2) is 5.43 Å². The van der Waals surface area contributed by atoms with Gasteiger partial charge in [0.1, 0.15) is 5.75 Å². The van der Waals surface area contributed by atoms with Crippen molar-refractivity contribution < 1.29 is 9.53 Å². The molecule has 0 atom stereocenters. The van der Waals surface area contributed by atoms with Crippen molar-refractivity contribution in [1.29, 1.82) is 0 Å². The Morgan fingerprint density at radius 3 is 2.84 bits per heavy atom. The summed E-state index contributed by atoms with van der Waals surface area (Å²) in [6.45, 7) is -0.0946. The first-order valence-corrected chi connectivity index (χ1v) is 6.78. The first-order valence-electron chi connectivity index (χ1n) is 5.46. The summed E-state index contributed by atoms with van der Waals surface area (Å²) in [6.07, 6.45) is 1.58. The number of halogens is 1. The van der Waals surface area contributed by atoms with Crippen LogP contribution in [0.4, 0.5) is 0 Å². The zero-order chi connectivity index (χ0) is 13.5. The van der Waals surface area contributed by atoms with Gasteiger partial charge >= 0.3 is 0 Å². The number of thiophene rings is 1. The maximum atomic E-state index is 11.4. The monoisotopic (exact) mass is 294 g/mol. The van der Waals surface area contributed by atoms with E-state index < -0.39 is 0 Å². The number of carbonyl (C=O) groups excluding carboxylic acids is 1. The van der Waals surface area contributed by atoms with Gasteiger partial charge in [-0.15, -0.1) is 0 Å². The molecule has 4 nitrogen and oxygen atoms in total. The Morgan fingerprint density at radius 1 is 1.37 bits per heavy atom. The summed E-state index contributed by atoms with van der Waals surface area (Å²) >= 11 is 7.31. The predicted octanol–water partition coefficient (Wildman–Crippen LogP) is 2.93. The maximum absolute atomic E-state index is 11.4. The Morgan fingerprint density at radius 2 is 2.16 bits per heavy atom. The molecule has 0 aliphatic heterocycles. The van der Waals surface area contributed by atoms with E-state index in [1.165, 1.54) is 0 Å². The van der Waals surface area contributed by atoms with Crippen LogP contribution < -0.4 is 10.2 Å². The Hall–Kier alpha value is -1.85. The lowest BCUT2D eigenvalue weighted by Crippen LogP contribution is -2.24. The number of rotatable bonds is 5. The fourth-order valence-electron chi connectivity index (χ4n) is 1.24. The molecule has 1 aromatic carbocycles. The third-order valence-corrected chi connectivity index (χ3v) is 3.08. The van der Waals surface area contributed by atoms with Gasteiger partial charge in [-0.3, -0.25) is 4.79 Å². The minimum absolute atomic E-state index is 0.0946. The number of hydrogen-bond acceptors (Lipinski definition) is 4. The topological polar surface area (TPSA) is 50.7 Å². The molecule has 0 fully saturated rings. The average Bonchev–Trinajstić information content (AvgIpc) is 2.91. The number of ether oxygens (including phenoxy) is 1. The Labute approximate surface area is 119 Å². The van der Waals surface area contributed by atoms with Gasteiger partial charge in [-0.2, -0.15) is 16.4 Å². The maximum Gasteiger partial charge on any atom is 0.277 e. The fourth-order valence-corrected chi connectivity index (χ4v) is 1.98. The number of nitrogens with one attached hydrogen (secondary N) is 1. The van der Waals surface area contributed by atoms with Crippen molar-refractivity contribution >= 4 is 35.1 Å². The van der Waals surface area contributed by atoms with E-state index in [0.29, 0.717) is 10.8 Å². The van der Waals surface area contributed by atoms with Crippen LogP contribution in [0, 0.1) is 0 Å². The van der Waals surface area contributed by atoms with Gasteiger partial charge in [0.05, 0.1) is 6.21 Å². The molecule has 1 amide bonds. The molecular weight excluding hydrogens is 284 g/mol. The summed E-state index contributed by atoms with van der Waals surface area (Å²) in [5.41, 5.74) is 3.33. The summed E-state index contributed by atoms with van der Waals surface area (Å²) < 4.78 is 5.27. The van der Waals surface area contributed by atoms with Crippen LogP contribution in [0.25, 0.3) is 0 Å². The second-order valence-corrected chi connectivity index (χ2v) is 4.81. The van der Waals surface area contributed by atoms with Gasteiger partial charge in [0, 0.05) is 10.6 Å². The number of hydrogen-bond donors (Lipinski definition) is 1. The molecule has 0 aliphatic carbocycles. The zero-order valence-electron chi connectivity index (χ0n) is 9.88. The van der Waals surface area contributed by atoms with Crippen molar-refractivity contribution in [3.8, 4) is 5.75 Å². The van der Waals surface area contributed by atoms with Crippen LogP contribution in [0.5, 0.6) is 5.75 Å². The molecule has 98 valence electrons. The van der Waals surface area contributed by atoms with Crippen molar-refractivity contribution in [1.82, 2.24) is 5.43 Å². The normalized spacial score (nSPS) is 10.6. The smallest absolute Gasteiger partial charge is 0.277 e. The van der Waals surface area contributed by atoms with Crippen molar-refractivity contribution in [3.05, 3.63) is 51.7 Å². The quantitative estimate of drug-likeness (QED) is 0.681. The van der Waals surface area contributed by atoms with E-state index in [4.69, 9.17) is 16.3 Å². The summed E-state index contributed by atoms with van der Waals surface area (Å²) in [6, 6.07) is 8.70. The summed E-state index contributed by atoms with van der Waals surface area (Å²) in [5, 5.41) is 8.31. The number of nitrogens with zero attached hydrogens (tertiary/aromatic N) is 1. The minimum atomic E-state index is -0.318. The van der Waals surface area contributed by atoms with Crippen LogP contribution in [0.15, 0.2) is 46.2 Å². The van der Waals surface area contributed by atoms with E-state index in [2.05, 4.69) is 10.5 Å². The van der Waals surface area contributed by atoms with Crippen molar-refractivity contribution in [2.45, 2.75) is 0 Å². The summed E-state index contributed by atoms with van der Waals surface area (Å²) in [7, 11) is 0. The van der Waals surface area contributed by atoms with Gasteiger partial charge in [0.15, 0.2) is 6.61 Å². The number of amides is 1. The number of hydrazone groups is 1. The molecule has 2 rings (SSSR count). The molecule has 0 saturated heterocycles. The highest BCUT2D eigenvalue weighted by atomic mass is 35.5. The summed E-state index contributed by atoms with van der Waals surface area (Å²) in [5.74, 6) is 0.266. The lowest BCUT2D eigenvalue weighted by molar-refractivity contribution is -0.123. The van der Waals surface area contributed by atoms with Gasteiger partial charge in [-0.05, 0) is 41.1 Å². The highest BCUT2D eigenvalue weighted by Crippen LogP contribution is 2.15. The van der Waals surface area contributed by atoms with E-state index >= 15 is 0 Å². The zero-order valence-corrected chi connectivity index (χ0v) is 11.4. The van der Waals surface area contributed by atoms with Crippen molar-refractivity contribution in [2.24, 2.45) is 5.10 Å². The molecule has 19 heavy (non-hydrogen) atoms. The predicted molar refractivity (Wildman–Crippen MR) is 77.0 cm³/mol. The fraction of sp³-hybridized carbons (Fsp3) is 0.0769. The van der Waals surface area contributed by atoms with E-state index in [1.807, 2.05) is 16.8 Å². The van der Waals surface area contributed by atoms with Crippen LogP contribution in [0.1, 0.15) is 5.56 Å². The van der Waals surface area contributed by atoms with Gasteiger partial charge in [0.25, 0.3) is 5.91 Å². The van der Waals surface area contributed by atoms with E-state index in [-0.39, 0.29) is 12.5 Å². The highest BCUT2D eigenvalue weighted by Gasteiger charge is 2.01. The van der Waals surface area contributed by atoms with E-state index in [0.717, 1.165) is 5.56 Å². The van der Waals surface area contributed by atoms with Crippen LogP contribution in [0.3, 0.4) is 0 Å². The Balaban J connectivity index is 1.74. The largest absolute Gasteiger partial charge is 0.484 e. The molecule has 0 aliphatic rings. The molecule has 0 unspecified atom stereocenters. The molecule has 6 heteroatoms. The van der Waals surface area contributed by atoms with Gasteiger partial charge in [0.2, 0.25) is 0 Å². The van der Waals surface area contributed by atoms with Crippen LogP contribution in [-0.4, -0.2) is 18.7 Å². The van der Waals surface area contributed by atoms with Crippen LogP contribution in [-0.2, 0) is 4.79 Å². The third-order valence-electron chi connectivity index (χ3n) is 2.13. The molecule has 1 aromatic heterocycles. The van der Waals surface area contributed by atoms with Crippen molar-refractivity contribution in [2.75, 3.05) is 6.61 Å². The number of carbonyl (C=O) groups is 1. The van der Waals surface area contributed by atoms with E-state index in [9.17, 15) is 4.79 Å². The molecule has 0 radical (unpaired) electrons. The molecule has 0 saturated carbocycles.